The summed E-state index contributed by atoms with van der Waals surface area (Å²) in [4.78, 5) is 20.6. The van der Waals surface area contributed by atoms with Gasteiger partial charge in [0.05, 0.1) is 13.2 Å². The van der Waals surface area contributed by atoms with E-state index in [4.69, 9.17) is 16.3 Å². The molecule has 0 spiro atoms. The van der Waals surface area contributed by atoms with E-state index in [1.54, 1.807) is 13.8 Å². The minimum Gasteiger partial charge on any atom is -0.465 e. The van der Waals surface area contributed by atoms with E-state index in [1.165, 1.54) is 0 Å². The van der Waals surface area contributed by atoms with Gasteiger partial charge in [0.25, 0.3) is 0 Å². The molecule has 1 aliphatic carbocycles. The Morgan fingerprint density at radius 2 is 2.18 bits per heavy atom. The Morgan fingerprint density at radius 3 is 2.86 bits per heavy atom. The number of esters is 1. The molecule has 1 unspecified atom stereocenters. The van der Waals surface area contributed by atoms with Crippen LogP contribution >= 0.6 is 11.6 Å². The highest BCUT2D eigenvalue weighted by Gasteiger charge is 2.28. The number of nitrogens with one attached hydrogen (secondary N) is 1. The highest BCUT2D eigenvalue weighted by atomic mass is 35.5. The van der Waals surface area contributed by atoms with Crippen molar-refractivity contribution >= 4 is 17.6 Å². The molecule has 0 saturated carbocycles. The SMILES string of the molecule is CCOC(=O)C(C)NCc1nc(Cl)c2c(n1)CCC(C)(C)C2. The second kappa shape index (κ2) is 6.92. The largest absolute Gasteiger partial charge is 0.465 e. The first-order chi connectivity index (χ1) is 10.3. The van der Waals surface area contributed by atoms with E-state index in [1.807, 2.05) is 0 Å². The van der Waals surface area contributed by atoms with E-state index in [-0.39, 0.29) is 11.4 Å². The highest BCUT2D eigenvalue weighted by molar-refractivity contribution is 6.30. The van der Waals surface area contributed by atoms with E-state index in [2.05, 4.69) is 29.1 Å². The fraction of sp³-hybridized carbons (Fsp3) is 0.688. The monoisotopic (exact) mass is 325 g/mol. The molecular weight excluding hydrogens is 302 g/mol. The maximum atomic E-state index is 11.6. The third kappa shape index (κ3) is 4.17. The first kappa shape index (κ1) is 17.2. The minimum atomic E-state index is -0.391. The van der Waals surface area contributed by atoms with Gasteiger partial charge in [-0.3, -0.25) is 10.1 Å². The van der Waals surface area contributed by atoms with E-state index in [0.717, 1.165) is 30.5 Å². The van der Waals surface area contributed by atoms with Crippen LogP contribution < -0.4 is 5.32 Å². The standard InChI is InChI=1S/C16H24ClN3O2/c1-5-22-15(21)10(2)18-9-13-19-12-6-7-16(3,4)8-11(12)14(17)20-13/h10,18H,5-9H2,1-4H3. The quantitative estimate of drug-likeness (QED) is 0.666. The number of hydrogen-bond donors (Lipinski definition) is 1. The number of carbonyl (C=O) groups is 1. The van der Waals surface area contributed by atoms with Crippen molar-refractivity contribution in [3.8, 4) is 0 Å². The summed E-state index contributed by atoms with van der Waals surface area (Å²) in [5.41, 5.74) is 2.36. The number of carbonyl (C=O) groups excluding carboxylic acids is 1. The second-order valence-electron chi connectivity index (χ2n) is 6.55. The first-order valence-electron chi connectivity index (χ1n) is 7.76. The van der Waals surface area contributed by atoms with Crippen LogP contribution in [0.25, 0.3) is 0 Å². The van der Waals surface area contributed by atoms with Gasteiger partial charge < -0.3 is 4.74 Å². The van der Waals surface area contributed by atoms with Gasteiger partial charge in [0.1, 0.15) is 17.0 Å². The zero-order valence-electron chi connectivity index (χ0n) is 13.7. The molecule has 2 rings (SSSR count). The second-order valence-corrected chi connectivity index (χ2v) is 6.91. The van der Waals surface area contributed by atoms with Crippen LogP contribution in [0.5, 0.6) is 0 Å². The minimum absolute atomic E-state index is 0.248. The van der Waals surface area contributed by atoms with Crippen LogP contribution in [-0.4, -0.2) is 28.6 Å². The molecule has 122 valence electrons. The zero-order valence-corrected chi connectivity index (χ0v) is 14.5. The molecule has 1 heterocycles. The Balaban J connectivity index is 2.05. The molecule has 0 amide bonds. The predicted octanol–water partition coefficient (Wildman–Crippen LogP) is 2.69. The van der Waals surface area contributed by atoms with Gasteiger partial charge >= 0.3 is 5.97 Å². The van der Waals surface area contributed by atoms with Crippen molar-refractivity contribution in [2.45, 2.75) is 59.5 Å². The van der Waals surface area contributed by atoms with Crippen LogP contribution in [0.4, 0.5) is 0 Å². The van der Waals surface area contributed by atoms with E-state index < -0.39 is 6.04 Å². The number of ether oxygens (including phenoxy) is 1. The Morgan fingerprint density at radius 1 is 1.45 bits per heavy atom. The Bertz CT molecular complexity index is 561. The molecule has 0 saturated heterocycles. The van der Waals surface area contributed by atoms with Gasteiger partial charge in [0, 0.05) is 11.3 Å². The van der Waals surface area contributed by atoms with Gasteiger partial charge in [0.15, 0.2) is 0 Å². The summed E-state index contributed by atoms with van der Waals surface area (Å²) in [7, 11) is 0. The maximum Gasteiger partial charge on any atom is 0.322 e. The average Bonchev–Trinajstić information content (AvgIpc) is 2.45. The number of aromatic nitrogens is 2. The molecule has 0 radical (unpaired) electrons. The molecule has 1 N–H and O–H groups in total. The number of aryl methyl sites for hydroxylation is 1. The fourth-order valence-electron chi connectivity index (χ4n) is 2.63. The number of nitrogens with zero attached hydrogens (tertiary/aromatic N) is 2. The van der Waals surface area contributed by atoms with Crippen molar-refractivity contribution in [1.29, 1.82) is 0 Å². The number of halogens is 1. The molecule has 0 aliphatic heterocycles. The van der Waals surface area contributed by atoms with E-state index in [0.29, 0.717) is 24.1 Å². The molecular formula is C16H24ClN3O2. The molecule has 0 aromatic carbocycles. The Kier molecular flexibility index (Phi) is 5.40. The van der Waals surface area contributed by atoms with Gasteiger partial charge in [-0.15, -0.1) is 0 Å². The lowest BCUT2D eigenvalue weighted by Crippen LogP contribution is -2.35. The summed E-state index contributed by atoms with van der Waals surface area (Å²) >= 11 is 6.33. The smallest absolute Gasteiger partial charge is 0.322 e. The molecule has 1 aromatic heterocycles. The molecule has 1 aromatic rings. The van der Waals surface area contributed by atoms with Crippen molar-refractivity contribution in [2.75, 3.05) is 6.61 Å². The molecule has 6 heteroatoms. The van der Waals surface area contributed by atoms with Crippen LogP contribution in [-0.2, 0) is 28.9 Å². The topological polar surface area (TPSA) is 64.1 Å². The lowest BCUT2D eigenvalue weighted by Gasteiger charge is -2.31. The van der Waals surface area contributed by atoms with Gasteiger partial charge in [-0.1, -0.05) is 25.4 Å². The van der Waals surface area contributed by atoms with Crippen molar-refractivity contribution in [3.05, 3.63) is 22.2 Å². The lowest BCUT2D eigenvalue weighted by molar-refractivity contribution is -0.145. The van der Waals surface area contributed by atoms with Crippen LogP contribution in [0, 0.1) is 5.41 Å². The lowest BCUT2D eigenvalue weighted by atomic mass is 9.76. The van der Waals surface area contributed by atoms with Crippen LogP contribution in [0.1, 0.15) is 51.2 Å². The fourth-order valence-corrected chi connectivity index (χ4v) is 2.90. The summed E-state index contributed by atoms with van der Waals surface area (Å²) < 4.78 is 4.96. The van der Waals surface area contributed by atoms with Crippen molar-refractivity contribution in [2.24, 2.45) is 5.41 Å². The average molecular weight is 326 g/mol. The number of fused-ring (bicyclic) bond motifs is 1. The van der Waals surface area contributed by atoms with E-state index in [9.17, 15) is 4.79 Å². The summed E-state index contributed by atoms with van der Waals surface area (Å²) in [6.45, 7) is 8.81. The van der Waals surface area contributed by atoms with Crippen LogP contribution in [0.3, 0.4) is 0 Å². The Hall–Kier alpha value is -1.20. The predicted molar refractivity (Wildman–Crippen MR) is 85.8 cm³/mol. The molecule has 5 nitrogen and oxygen atoms in total. The maximum absolute atomic E-state index is 11.6. The highest BCUT2D eigenvalue weighted by Crippen LogP contribution is 2.36. The number of hydrogen-bond acceptors (Lipinski definition) is 5. The normalized spacial score (nSPS) is 17.7. The van der Waals surface area contributed by atoms with Crippen LogP contribution in [0.15, 0.2) is 0 Å². The van der Waals surface area contributed by atoms with Crippen molar-refractivity contribution in [1.82, 2.24) is 15.3 Å². The molecule has 22 heavy (non-hydrogen) atoms. The van der Waals surface area contributed by atoms with Crippen molar-refractivity contribution in [3.63, 3.8) is 0 Å². The summed E-state index contributed by atoms with van der Waals surface area (Å²) in [6, 6.07) is -0.391. The third-order valence-electron chi connectivity index (χ3n) is 3.99. The summed E-state index contributed by atoms with van der Waals surface area (Å²) in [5, 5.41) is 3.62. The first-order valence-corrected chi connectivity index (χ1v) is 8.14. The summed E-state index contributed by atoms with van der Waals surface area (Å²) in [6.07, 6.45) is 2.93. The molecule has 0 fully saturated rings. The molecule has 0 bridgehead atoms. The van der Waals surface area contributed by atoms with Gasteiger partial charge in [-0.05, 0) is 38.5 Å². The molecule has 1 aliphatic rings. The van der Waals surface area contributed by atoms with Gasteiger partial charge in [0.2, 0.25) is 0 Å². The van der Waals surface area contributed by atoms with Crippen molar-refractivity contribution < 1.29 is 9.53 Å². The molecule has 1 atom stereocenters. The zero-order chi connectivity index (χ0) is 16.3. The number of rotatable bonds is 5. The van der Waals surface area contributed by atoms with Gasteiger partial charge in [-0.2, -0.15) is 0 Å². The summed E-state index contributed by atoms with van der Waals surface area (Å²) in [5.74, 6) is 0.355. The third-order valence-corrected chi connectivity index (χ3v) is 4.30. The Labute approximate surface area is 136 Å². The van der Waals surface area contributed by atoms with Gasteiger partial charge in [-0.25, -0.2) is 9.97 Å². The van der Waals surface area contributed by atoms with E-state index >= 15 is 0 Å². The van der Waals surface area contributed by atoms with Crippen LogP contribution in [0.2, 0.25) is 5.15 Å².